The number of amides is 2. The normalized spacial score (nSPS) is 18.3. The summed E-state index contributed by atoms with van der Waals surface area (Å²) in [6.45, 7) is 2.35. The van der Waals surface area contributed by atoms with Gasteiger partial charge in [0.25, 0.3) is 5.91 Å². The summed E-state index contributed by atoms with van der Waals surface area (Å²) < 4.78 is 0. The summed E-state index contributed by atoms with van der Waals surface area (Å²) in [4.78, 5) is 25.7. The number of primary amides is 1. The fourth-order valence-corrected chi connectivity index (χ4v) is 2.71. The second-order valence-electron chi connectivity index (χ2n) is 5.25. The molecule has 1 atom stereocenters. The van der Waals surface area contributed by atoms with Gasteiger partial charge in [-0.1, -0.05) is 12.1 Å². The molecule has 1 fully saturated rings. The Bertz CT molecular complexity index is 518. The predicted octanol–water partition coefficient (Wildman–Crippen LogP) is 0.0768. The van der Waals surface area contributed by atoms with Crippen molar-refractivity contribution in [2.24, 2.45) is 17.4 Å². The summed E-state index contributed by atoms with van der Waals surface area (Å²) >= 11 is 0. The lowest BCUT2D eigenvalue weighted by Gasteiger charge is -2.34. The Morgan fingerprint density at radius 2 is 2.10 bits per heavy atom. The van der Waals surface area contributed by atoms with E-state index in [-0.39, 0.29) is 11.8 Å². The quantitative estimate of drug-likeness (QED) is 0.714. The maximum absolute atomic E-state index is 12.1. The number of hydrogen-bond acceptors (Lipinski definition) is 4. The van der Waals surface area contributed by atoms with Gasteiger partial charge in [0, 0.05) is 31.9 Å². The Labute approximate surface area is 124 Å². The molecule has 0 bridgehead atoms. The van der Waals surface area contributed by atoms with Crippen LogP contribution in [-0.4, -0.2) is 38.0 Å². The number of para-hydroxylation sites is 1. The summed E-state index contributed by atoms with van der Waals surface area (Å²) in [6.07, 6.45) is 1.76. The first-order chi connectivity index (χ1) is 10.1. The van der Waals surface area contributed by atoms with E-state index in [1.807, 2.05) is 12.1 Å². The lowest BCUT2D eigenvalue weighted by atomic mass is 9.96. The van der Waals surface area contributed by atoms with Crippen LogP contribution in [0.15, 0.2) is 24.3 Å². The Kier molecular flexibility index (Phi) is 5.16. The molecule has 21 heavy (non-hydrogen) atoms. The van der Waals surface area contributed by atoms with Crippen molar-refractivity contribution in [3.63, 3.8) is 0 Å². The minimum atomic E-state index is -0.444. The fraction of sp³-hybridized carbons (Fsp3) is 0.467. The van der Waals surface area contributed by atoms with Gasteiger partial charge in [-0.25, -0.2) is 0 Å². The number of hydrogen-bond donors (Lipinski definition) is 3. The summed E-state index contributed by atoms with van der Waals surface area (Å²) in [6, 6.07) is 7.26. The van der Waals surface area contributed by atoms with Crippen molar-refractivity contribution in [2.45, 2.75) is 12.8 Å². The predicted molar refractivity (Wildman–Crippen MR) is 82.0 cm³/mol. The number of anilines is 1. The second kappa shape index (κ2) is 7.08. The zero-order valence-corrected chi connectivity index (χ0v) is 12.0. The van der Waals surface area contributed by atoms with Gasteiger partial charge in [0.15, 0.2) is 0 Å². The Hall–Kier alpha value is -2.08. The smallest absolute Gasteiger partial charge is 0.250 e. The largest absolute Gasteiger partial charge is 0.370 e. The highest BCUT2D eigenvalue weighted by Crippen LogP contribution is 2.26. The molecule has 6 heteroatoms. The van der Waals surface area contributed by atoms with E-state index >= 15 is 0 Å². The van der Waals surface area contributed by atoms with Gasteiger partial charge in [-0.05, 0) is 25.0 Å². The number of nitrogens with zero attached hydrogens (tertiary/aromatic N) is 1. The second-order valence-corrected chi connectivity index (χ2v) is 5.25. The number of piperidine rings is 1. The lowest BCUT2D eigenvalue weighted by Crippen LogP contribution is -2.44. The molecule has 1 aromatic rings. The highest BCUT2D eigenvalue weighted by atomic mass is 16.2. The van der Waals surface area contributed by atoms with Crippen LogP contribution in [0, 0.1) is 5.92 Å². The van der Waals surface area contributed by atoms with Crippen LogP contribution in [0.25, 0.3) is 0 Å². The van der Waals surface area contributed by atoms with E-state index in [0.717, 1.165) is 25.1 Å². The molecule has 114 valence electrons. The summed E-state index contributed by atoms with van der Waals surface area (Å²) in [7, 11) is 0. The van der Waals surface area contributed by atoms with Crippen LogP contribution >= 0.6 is 0 Å². The van der Waals surface area contributed by atoms with Crippen molar-refractivity contribution in [3.05, 3.63) is 29.8 Å². The molecular formula is C15H22N4O2. The number of nitrogens with two attached hydrogens (primary N) is 2. The van der Waals surface area contributed by atoms with Crippen LogP contribution in [0.1, 0.15) is 23.2 Å². The third kappa shape index (κ3) is 3.72. The molecule has 1 aromatic carbocycles. The SMILES string of the molecule is NCCNC(=O)C1CCCN(c2ccccc2C(N)=O)C1. The Morgan fingerprint density at radius 1 is 1.33 bits per heavy atom. The van der Waals surface area contributed by atoms with Crippen LogP contribution in [-0.2, 0) is 4.79 Å². The average molecular weight is 290 g/mol. The van der Waals surface area contributed by atoms with Gasteiger partial charge >= 0.3 is 0 Å². The maximum atomic E-state index is 12.1. The van der Waals surface area contributed by atoms with Gasteiger partial charge in [0.2, 0.25) is 5.91 Å². The third-order valence-corrected chi connectivity index (χ3v) is 3.75. The first kappa shape index (κ1) is 15.3. The number of carbonyl (C=O) groups excluding carboxylic acids is 2. The van der Waals surface area contributed by atoms with Gasteiger partial charge in [-0.3, -0.25) is 9.59 Å². The molecule has 0 spiro atoms. The van der Waals surface area contributed by atoms with Crippen molar-refractivity contribution in [1.29, 1.82) is 0 Å². The molecule has 0 radical (unpaired) electrons. The number of carbonyl (C=O) groups is 2. The molecule has 1 saturated heterocycles. The van der Waals surface area contributed by atoms with Crippen molar-refractivity contribution in [1.82, 2.24) is 5.32 Å². The molecule has 0 aliphatic carbocycles. The van der Waals surface area contributed by atoms with Crippen LogP contribution in [0.2, 0.25) is 0 Å². The van der Waals surface area contributed by atoms with E-state index < -0.39 is 5.91 Å². The van der Waals surface area contributed by atoms with E-state index in [2.05, 4.69) is 10.2 Å². The molecule has 1 aliphatic rings. The van der Waals surface area contributed by atoms with Gasteiger partial charge < -0.3 is 21.7 Å². The molecule has 2 rings (SSSR count). The number of nitrogens with one attached hydrogen (secondary N) is 1. The highest BCUT2D eigenvalue weighted by Gasteiger charge is 2.27. The lowest BCUT2D eigenvalue weighted by molar-refractivity contribution is -0.125. The minimum absolute atomic E-state index is 0.0294. The number of benzene rings is 1. The van der Waals surface area contributed by atoms with Gasteiger partial charge in [-0.2, -0.15) is 0 Å². The van der Waals surface area contributed by atoms with Crippen LogP contribution in [0.3, 0.4) is 0 Å². The zero-order valence-electron chi connectivity index (χ0n) is 12.0. The first-order valence-electron chi connectivity index (χ1n) is 7.25. The van der Waals surface area contributed by atoms with Crippen molar-refractivity contribution < 1.29 is 9.59 Å². The van der Waals surface area contributed by atoms with Gasteiger partial charge in [-0.15, -0.1) is 0 Å². The average Bonchev–Trinajstić information content (AvgIpc) is 2.52. The molecule has 0 aromatic heterocycles. The van der Waals surface area contributed by atoms with Crippen LogP contribution in [0.5, 0.6) is 0 Å². The molecular weight excluding hydrogens is 268 g/mol. The summed E-state index contributed by atoms with van der Waals surface area (Å²) in [5, 5.41) is 2.83. The van der Waals surface area contributed by atoms with E-state index in [0.29, 0.717) is 25.2 Å². The Balaban J connectivity index is 2.11. The summed E-state index contributed by atoms with van der Waals surface area (Å²) in [5.41, 5.74) is 12.1. The first-order valence-corrected chi connectivity index (χ1v) is 7.25. The minimum Gasteiger partial charge on any atom is -0.370 e. The molecule has 1 aliphatic heterocycles. The highest BCUT2D eigenvalue weighted by molar-refractivity contribution is 5.98. The van der Waals surface area contributed by atoms with Crippen LogP contribution < -0.4 is 21.7 Å². The Morgan fingerprint density at radius 3 is 2.81 bits per heavy atom. The summed E-state index contributed by atoms with van der Waals surface area (Å²) in [5.74, 6) is -0.492. The van der Waals surface area contributed by atoms with Gasteiger partial charge in [0.1, 0.15) is 0 Å². The standard InChI is InChI=1S/C15H22N4O2/c16-7-8-18-15(21)11-4-3-9-19(10-11)13-6-2-1-5-12(13)14(17)20/h1-2,5-6,11H,3-4,7-10,16H2,(H2,17,20)(H,18,21). The molecule has 2 amide bonds. The third-order valence-electron chi connectivity index (χ3n) is 3.75. The zero-order chi connectivity index (χ0) is 15.2. The molecule has 1 heterocycles. The molecule has 0 saturated carbocycles. The van der Waals surface area contributed by atoms with Crippen molar-refractivity contribution in [3.8, 4) is 0 Å². The van der Waals surface area contributed by atoms with Crippen LogP contribution in [0.4, 0.5) is 5.69 Å². The van der Waals surface area contributed by atoms with E-state index in [4.69, 9.17) is 11.5 Å². The van der Waals surface area contributed by atoms with Crippen molar-refractivity contribution in [2.75, 3.05) is 31.1 Å². The molecule has 5 N–H and O–H groups in total. The molecule has 1 unspecified atom stereocenters. The van der Waals surface area contributed by atoms with E-state index in [1.165, 1.54) is 0 Å². The van der Waals surface area contributed by atoms with Crippen molar-refractivity contribution >= 4 is 17.5 Å². The fourth-order valence-electron chi connectivity index (χ4n) is 2.71. The molecule has 6 nitrogen and oxygen atoms in total. The monoisotopic (exact) mass is 290 g/mol. The number of rotatable bonds is 5. The van der Waals surface area contributed by atoms with E-state index in [1.54, 1.807) is 12.1 Å². The van der Waals surface area contributed by atoms with E-state index in [9.17, 15) is 9.59 Å². The topological polar surface area (TPSA) is 101 Å². The maximum Gasteiger partial charge on any atom is 0.250 e. The van der Waals surface area contributed by atoms with Gasteiger partial charge in [0.05, 0.1) is 11.5 Å².